The van der Waals surface area contributed by atoms with Crippen LogP contribution < -0.4 is 10.6 Å². The van der Waals surface area contributed by atoms with Crippen LogP contribution in [-0.4, -0.2) is 22.6 Å². The number of hydrogen-bond donors (Lipinski definition) is 3. The van der Waals surface area contributed by atoms with E-state index in [9.17, 15) is 19.1 Å². The SMILES string of the molecule is CCC(CC)(NC(=O)Nc1ccc(F)c(Cl)c1)C(=O)O. The molecule has 0 aromatic heterocycles. The van der Waals surface area contributed by atoms with Gasteiger partial charge in [0.1, 0.15) is 11.4 Å². The summed E-state index contributed by atoms with van der Waals surface area (Å²) in [5.74, 6) is -1.70. The molecule has 5 nitrogen and oxygen atoms in total. The Hall–Kier alpha value is -1.82. The molecule has 7 heteroatoms. The average molecular weight is 303 g/mol. The number of halogens is 2. The summed E-state index contributed by atoms with van der Waals surface area (Å²) in [6.07, 6.45) is 0.493. The third-order valence-corrected chi connectivity index (χ3v) is 3.44. The second kappa shape index (κ2) is 6.56. The normalized spacial score (nSPS) is 11.0. The molecule has 0 radical (unpaired) electrons. The molecule has 2 amide bonds. The lowest BCUT2D eigenvalue weighted by Crippen LogP contribution is -2.54. The van der Waals surface area contributed by atoms with E-state index in [1.807, 2.05) is 0 Å². The van der Waals surface area contributed by atoms with Crippen molar-refractivity contribution in [3.8, 4) is 0 Å². The van der Waals surface area contributed by atoms with E-state index in [1.54, 1.807) is 13.8 Å². The number of rotatable bonds is 5. The first-order valence-electron chi connectivity index (χ1n) is 6.12. The van der Waals surface area contributed by atoms with Gasteiger partial charge < -0.3 is 15.7 Å². The van der Waals surface area contributed by atoms with Crippen LogP contribution in [0.4, 0.5) is 14.9 Å². The summed E-state index contributed by atoms with van der Waals surface area (Å²) in [5, 5.41) is 13.9. The van der Waals surface area contributed by atoms with Gasteiger partial charge in [0, 0.05) is 5.69 Å². The third-order valence-electron chi connectivity index (χ3n) is 3.15. The van der Waals surface area contributed by atoms with Crippen molar-refractivity contribution in [1.82, 2.24) is 5.32 Å². The van der Waals surface area contributed by atoms with E-state index >= 15 is 0 Å². The number of carboxylic acid groups (broad SMARTS) is 1. The number of hydrogen-bond acceptors (Lipinski definition) is 2. The maximum Gasteiger partial charge on any atom is 0.329 e. The highest BCUT2D eigenvalue weighted by atomic mass is 35.5. The molecule has 0 aliphatic heterocycles. The monoisotopic (exact) mass is 302 g/mol. The Morgan fingerprint density at radius 3 is 2.40 bits per heavy atom. The summed E-state index contributed by atoms with van der Waals surface area (Å²) in [6, 6.07) is 3.01. The van der Waals surface area contributed by atoms with Gasteiger partial charge in [-0.15, -0.1) is 0 Å². The Morgan fingerprint density at radius 1 is 1.35 bits per heavy atom. The minimum atomic E-state index is -1.33. The highest BCUT2D eigenvalue weighted by Crippen LogP contribution is 2.20. The van der Waals surface area contributed by atoms with Gasteiger partial charge in [0.05, 0.1) is 5.02 Å². The van der Waals surface area contributed by atoms with Crippen LogP contribution in [0, 0.1) is 5.82 Å². The average Bonchev–Trinajstić information content (AvgIpc) is 2.40. The second-order valence-electron chi connectivity index (χ2n) is 4.30. The van der Waals surface area contributed by atoms with Crippen molar-refractivity contribution >= 4 is 29.3 Å². The quantitative estimate of drug-likeness (QED) is 0.781. The largest absolute Gasteiger partial charge is 0.480 e. The number of amides is 2. The van der Waals surface area contributed by atoms with Crippen LogP contribution in [0.3, 0.4) is 0 Å². The molecule has 3 N–H and O–H groups in total. The molecule has 110 valence electrons. The van der Waals surface area contributed by atoms with Gasteiger partial charge >= 0.3 is 12.0 Å². The van der Waals surface area contributed by atoms with Crippen LogP contribution in [0.25, 0.3) is 0 Å². The van der Waals surface area contributed by atoms with Crippen LogP contribution in [0.15, 0.2) is 18.2 Å². The smallest absolute Gasteiger partial charge is 0.329 e. The van der Waals surface area contributed by atoms with E-state index in [1.165, 1.54) is 12.1 Å². The number of nitrogens with one attached hydrogen (secondary N) is 2. The van der Waals surface area contributed by atoms with E-state index in [0.29, 0.717) is 0 Å². The first-order valence-corrected chi connectivity index (χ1v) is 6.50. The molecule has 0 saturated carbocycles. The predicted molar refractivity (Wildman–Crippen MR) is 74.5 cm³/mol. The topological polar surface area (TPSA) is 78.4 Å². The second-order valence-corrected chi connectivity index (χ2v) is 4.71. The van der Waals surface area contributed by atoms with E-state index in [-0.39, 0.29) is 23.6 Å². The summed E-state index contributed by atoms with van der Waals surface area (Å²) in [5.41, 5.74) is -1.05. The van der Waals surface area contributed by atoms with Crippen molar-refractivity contribution in [3.05, 3.63) is 29.0 Å². The maximum absolute atomic E-state index is 13.0. The van der Waals surface area contributed by atoms with Gasteiger partial charge in [-0.2, -0.15) is 0 Å². The first-order chi connectivity index (χ1) is 9.34. The number of carboxylic acids is 1. The predicted octanol–water partition coefficient (Wildman–Crippen LogP) is 3.24. The van der Waals surface area contributed by atoms with Gasteiger partial charge in [0.25, 0.3) is 0 Å². The Bertz CT molecular complexity index is 518. The number of carbonyl (C=O) groups excluding carboxylic acids is 1. The zero-order valence-corrected chi connectivity index (χ0v) is 11.9. The molecule has 0 bridgehead atoms. The summed E-state index contributed by atoms with van der Waals surface area (Å²) in [6.45, 7) is 3.35. The van der Waals surface area contributed by atoms with Gasteiger partial charge in [-0.1, -0.05) is 25.4 Å². The van der Waals surface area contributed by atoms with Crippen LogP contribution in [0.2, 0.25) is 5.02 Å². The first kappa shape index (κ1) is 16.2. The summed E-state index contributed by atoms with van der Waals surface area (Å²) in [7, 11) is 0. The summed E-state index contributed by atoms with van der Waals surface area (Å²) < 4.78 is 13.0. The minimum Gasteiger partial charge on any atom is -0.480 e. The molecule has 0 spiro atoms. The number of benzene rings is 1. The fourth-order valence-corrected chi connectivity index (χ4v) is 1.92. The lowest BCUT2D eigenvalue weighted by atomic mass is 9.93. The molecule has 20 heavy (non-hydrogen) atoms. The Morgan fingerprint density at radius 2 is 1.95 bits per heavy atom. The van der Waals surface area contributed by atoms with Crippen molar-refractivity contribution in [2.75, 3.05) is 5.32 Å². The fraction of sp³-hybridized carbons (Fsp3) is 0.385. The molecule has 1 aromatic carbocycles. The van der Waals surface area contributed by atoms with Crippen molar-refractivity contribution in [3.63, 3.8) is 0 Å². The molecule has 0 heterocycles. The minimum absolute atomic E-state index is 0.127. The van der Waals surface area contributed by atoms with Gasteiger partial charge in [0.2, 0.25) is 0 Å². The van der Waals surface area contributed by atoms with Crippen LogP contribution in [0.1, 0.15) is 26.7 Å². The molecule has 0 atom stereocenters. The number of aliphatic carboxylic acids is 1. The summed E-state index contributed by atoms with van der Waals surface area (Å²) in [4.78, 5) is 23.1. The van der Waals surface area contributed by atoms with Crippen molar-refractivity contribution in [2.45, 2.75) is 32.2 Å². The molecule has 0 aliphatic carbocycles. The number of carbonyl (C=O) groups is 2. The summed E-state index contributed by atoms with van der Waals surface area (Å²) >= 11 is 5.59. The van der Waals surface area contributed by atoms with E-state index in [4.69, 9.17) is 11.6 Å². The maximum atomic E-state index is 13.0. The van der Waals surface area contributed by atoms with Crippen LogP contribution in [-0.2, 0) is 4.79 Å². The highest BCUT2D eigenvalue weighted by molar-refractivity contribution is 6.31. The molecular weight excluding hydrogens is 287 g/mol. The highest BCUT2D eigenvalue weighted by Gasteiger charge is 2.36. The van der Waals surface area contributed by atoms with Gasteiger partial charge in [-0.05, 0) is 31.0 Å². The zero-order valence-electron chi connectivity index (χ0n) is 11.2. The van der Waals surface area contributed by atoms with E-state index < -0.39 is 23.4 Å². The number of urea groups is 1. The van der Waals surface area contributed by atoms with Crippen molar-refractivity contribution < 1.29 is 19.1 Å². The van der Waals surface area contributed by atoms with Gasteiger partial charge in [0.15, 0.2) is 0 Å². The molecule has 1 rings (SSSR count). The lowest BCUT2D eigenvalue weighted by Gasteiger charge is -2.28. The van der Waals surface area contributed by atoms with Crippen molar-refractivity contribution in [2.24, 2.45) is 0 Å². The molecular formula is C13H16ClFN2O3. The molecule has 0 unspecified atom stereocenters. The van der Waals surface area contributed by atoms with Gasteiger partial charge in [-0.25, -0.2) is 14.0 Å². The van der Waals surface area contributed by atoms with Gasteiger partial charge in [-0.3, -0.25) is 0 Å². The van der Waals surface area contributed by atoms with Crippen LogP contribution >= 0.6 is 11.6 Å². The Kier molecular flexibility index (Phi) is 5.33. The fourth-order valence-electron chi connectivity index (χ4n) is 1.74. The molecule has 1 aromatic rings. The standard InChI is InChI=1S/C13H16ClFN2O3/c1-3-13(4-2,11(18)19)17-12(20)16-8-5-6-10(15)9(14)7-8/h5-7H,3-4H2,1-2H3,(H,18,19)(H2,16,17,20). The molecule has 0 fully saturated rings. The van der Waals surface area contributed by atoms with E-state index in [0.717, 1.165) is 6.07 Å². The number of anilines is 1. The Balaban J connectivity index is 2.80. The lowest BCUT2D eigenvalue weighted by molar-refractivity contribution is -0.144. The zero-order chi connectivity index (χ0) is 15.3. The van der Waals surface area contributed by atoms with Crippen molar-refractivity contribution in [1.29, 1.82) is 0 Å². The van der Waals surface area contributed by atoms with Crippen LogP contribution in [0.5, 0.6) is 0 Å². The Labute approximate surface area is 121 Å². The molecule has 0 aliphatic rings. The third kappa shape index (κ3) is 3.60. The molecule has 0 saturated heterocycles. The van der Waals surface area contributed by atoms with E-state index in [2.05, 4.69) is 10.6 Å².